The fraction of sp³-hybridized carbons (Fsp3) is 0.0833. The molecule has 0 aliphatic rings. The Morgan fingerprint density at radius 2 is 2.16 bits per heavy atom. The molecule has 1 aromatic heterocycles. The summed E-state index contributed by atoms with van der Waals surface area (Å²) in [5, 5.41) is 12.5. The third-order valence-electron chi connectivity index (χ3n) is 2.39. The van der Waals surface area contributed by atoms with Crippen molar-refractivity contribution >= 4 is 34.9 Å². The largest absolute Gasteiger partial charge is 0.477 e. The van der Waals surface area contributed by atoms with Crippen LogP contribution in [-0.4, -0.2) is 27.3 Å². The van der Waals surface area contributed by atoms with Gasteiger partial charge in [0.15, 0.2) is 5.16 Å². The first-order valence-electron chi connectivity index (χ1n) is 5.37. The Morgan fingerprint density at radius 3 is 2.79 bits per heavy atom. The highest BCUT2D eigenvalue weighted by molar-refractivity contribution is 7.98. The van der Waals surface area contributed by atoms with Gasteiger partial charge in [0.2, 0.25) is 0 Å². The second kappa shape index (κ2) is 5.57. The summed E-state index contributed by atoms with van der Waals surface area (Å²) in [4.78, 5) is 19.2. The number of carboxylic acid groups (broad SMARTS) is 1. The first-order chi connectivity index (χ1) is 9.11. The lowest BCUT2D eigenvalue weighted by Gasteiger charge is -2.11. The average Bonchev–Trinajstić information content (AvgIpc) is 2.41. The van der Waals surface area contributed by atoms with E-state index in [-0.39, 0.29) is 11.4 Å². The maximum absolute atomic E-state index is 11.1. The summed E-state index contributed by atoms with van der Waals surface area (Å²) >= 11 is 1.33. The van der Waals surface area contributed by atoms with E-state index in [1.807, 2.05) is 6.26 Å². The molecule has 0 saturated heterocycles. The maximum Gasteiger partial charge on any atom is 0.341 e. The van der Waals surface area contributed by atoms with Gasteiger partial charge in [-0.2, -0.15) is 0 Å². The van der Waals surface area contributed by atoms with Crippen molar-refractivity contribution < 1.29 is 9.90 Å². The van der Waals surface area contributed by atoms with E-state index in [2.05, 4.69) is 15.3 Å². The van der Waals surface area contributed by atoms with Crippen LogP contribution in [-0.2, 0) is 0 Å². The van der Waals surface area contributed by atoms with Crippen LogP contribution in [0.5, 0.6) is 0 Å². The molecule has 1 aromatic carbocycles. The van der Waals surface area contributed by atoms with Crippen LogP contribution in [0.2, 0.25) is 0 Å². The summed E-state index contributed by atoms with van der Waals surface area (Å²) in [5.74, 6) is -0.866. The van der Waals surface area contributed by atoms with Gasteiger partial charge in [-0.25, -0.2) is 14.8 Å². The Hall–Kier alpha value is -2.28. The average molecular weight is 276 g/mol. The number of hydrogen-bond acceptors (Lipinski definition) is 6. The van der Waals surface area contributed by atoms with Crippen LogP contribution in [0.1, 0.15) is 10.4 Å². The van der Waals surface area contributed by atoms with Crippen LogP contribution in [0.3, 0.4) is 0 Å². The molecule has 0 saturated carbocycles. The highest BCUT2D eigenvalue weighted by atomic mass is 32.2. The number of aromatic nitrogens is 2. The van der Waals surface area contributed by atoms with Gasteiger partial charge in [-0.1, -0.05) is 23.9 Å². The van der Waals surface area contributed by atoms with E-state index in [9.17, 15) is 4.79 Å². The second-order valence-corrected chi connectivity index (χ2v) is 4.41. The number of nitrogens with zero attached hydrogens (tertiary/aromatic N) is 2. The molecule has 0 atom stereocenters. The standard InChI is InChI=1S/C12H12N4O2S/c1-19-12-14-6-7(11(17)18)10(16-12)15-9-5-3-2-4-8(9)13/h2-6H,13H2,1H3,(H,17,18)(H,14,15,16). The van der Waals surface area contributed by atoms with Gasteiger partial charge < -0.3 is 16.2 Å². The molecule has 0 fully saturated rings. The summed E-state index contributed by atoms with van der Waals surface area (Å²) in [6.45, 7) is 0. The number of nitrogens with two attached hydrogens (primary N) is 1. The van der Waals surface area contributed by atoms with Crippen molar-refractivity contribution in [2.45, 2.75) is 5.16 Å². The van der Waals surface area contributed by atoms with Crippen LogP contribution in [0, 0.1) is 0 Å². The Balaban J connectivity index is 2.43. The number of carbonyl (C=O) groups is 1. The zero-order chi connectivity index (χ0) is 13.8. The lowest BCUT2D eigenvalue weighted by atomic mass is 10.2. The maximum atomic E-state index is 11.1. The number of nitrogens with one attached hydrogen (secondary N) is 1. The van der Waals surface area contributed by atoms with E-state index < -0.39 is 5.97 Å². The number of rotatable bonds is 4. The van der Waals surface area contributed by atoms with E-state index in [0.717, 1.165) is 0 Å². The van der Waals surface area contributed by atoms with Crippen molar-refractivity contribution in [1.82, 2.24) is 9.97 Å². The van der Waals surface area contributed by atoms with E-state index in [1.165, 1.54) is 18.0 Å². The van der Waals surface area contributed by atoms with Gasteiger partial charge in [-0.3, -0.25) is 0 Å². The molecular weight excluding hydrogens is 264 g/mol. The van der Waals surface area contributed by atoms with Crippen molar-refractivity contribution in [2.24, 2.45) is 0 Å². The molecule has 0 amide bonds. The Kier molecular flexibility index (Phi) is 3.86. The number of anilines is 3. The molecule has 0 aliphatic carbocycles. The first kappa shape index (κ1) is 13.2. The molecule has 98 valence electrons. The van der Waals surface area contributed by atoms with Gasteiger partial charge in [0.1, 0.15) is 11.4 Å². The van der Waals surface area contributed by atoms with Crippen LogP contribution >= 0.6 is 11.8 Å². The van der Waals surface area contributed by atoms with Crippen LogP contribution in [0.4, 0.5) is 17.2 Å². The third-order valence-corrected chi connectivity index (χ3v) is 2.96. The summed E-state index contributed by atoms with van der Waals surface area (Å²) in [5.41, 5.74) is 6.93. The number of para-hydroxylation sites is 2. The quantitative estimate of drug-likeness (QED) is 0.447. The molecule has 19 heavy (non-hydrogen) atoms. The number of carboxylic acids is 1. The molecule has 4 N–H and O–H groups in total. The third kappa shape index (κ3) is 2.94. The molecule has 7 heteroatoms. The molecule has 1 heterocycles. The Morgan fingerprint density at radius 1 is 1.42 bits per heavy atom. The topological polar surface area (TPSA) is 101 Å². The van der Waals surface area contributed by atoms with Gasteiger partial charge in [0.05, 0.1) is 11.4 Å². The molecule has 6 nitrogen and oxygen atoms in total. The number of aromatic carboxylic acids is 1. The Labute approximate surface area is 114 Å². The minimum absolute atomic E-state index is 0.000975. The fourth-order valence-electron chi connectivity index (χ4n) is 1.45. The SMILES string of the molecule is CSc1ncc(C(=O)O)c(Nc2ccccc2N)n1. The number of hydrogen-bond donors (Lipinski definition) is 3. The van der Waals surface area contributed by atoms with Gasteiger partial charge in [-0.15, -0.1) is 0 Å². The van der Waals surface area contributed by atoms with Gasteiger partial charge in [-0.05, 0) is 18.4 Å². The molecule has 0 bridgehead atoms. The van der Waals surface area contributed by atoms with Crippen molar-refractivity contribution in [3.63, 3.8) is 0 Å². The van der Waals surface area contributed by atoms with E-state index >= 15 is 0 Å². The number of thioether (sulfide) groups is 1. The molecular formula is C12H12N4O2S. The summed E-state index contributed by atoms with van der Waals surface area (Å²) in [6.07, 6.45) is 3.10. The fourth-order valence-corrected chi connectivity index (χ4v) is 1.79. The highest BCUT2D eigenvalue weighted by Gasteiger charge is 2.14. The van der Waals surface area contributed by atoms with E-state index in [4.69, 9.17) is 10.8 Å². The molecule has 0 radical (unpaired) electrons. The smallest absolute Gasteiger partial charge is 0.341 e. The molecule has 2 aromatic rings. The number of nitrogen functional groups attached to an aromatic ring is 1. The monoisotopic (exact) mass is 276 g/mol. The predicted molar refractivity (Wildman–Crippen MR) is 74.9 cm³/mol. The normalized spacial score (nSPS) is 10.2. The van der Waals surface area contributed by atoms with Crippen molar-refractivity contribution in [2.75, 3.05) is 17.3 Å². The highest BCUT2D eigenvalue weighted by Crippen LogP contribution is 2.24. The minimum atomic E-state index is -1.09. The van der Waals surface area contributed by atoms with Crippen LogP contribution < -0.4 is 11.1 Å². The van der Waals surface area contributed by atoms with Gasteiger partial charge >= 0.3 is 5.97 Å². The second-order valence-electron chi connectivity index (χ2n) is 3.64. The zero-order valence-corrected chi connectivity index (χ0v) is 10.9. The lowest BCUT2D eigenvalue weighted by molar-refractivity contribution is 0.0697. The molecule has 0 aliphatic heterocycles. The van der Waals surface area contributed by atoms with Crippen LogP contribution in [0.25, 0.3) is 0 Å². The van der Waals surface area contributed by atoms with E-state index in [0.29, 0.717) is 16.5 Å². The molecule has 2 rings (SSSR count). The Bertz CT molecular complexity index is 618. The summed E-state index contributed by atoms with van der Waals surface area (Å²) in [6, 6.07) is 7.07. The number of benzene rings is 1. The van der Waals surface area contributed by atoms with Crippen molar-refractivity contribution in [3.8, 4) is 0 Å². The van der Waals surface area contributed by atoms with Gasteiger partial charge in [0, 0.05) is 6.20 Å². The zero-order valence-electron chi connectivity index (χ0n) is 10.1. The molecule has 0 spiro atoms. The van der Waals surface area contributed by atoms with Crippen molar-refractivity contribution in [3.05, 3.63) is 36.0 Å². The van der Waals surface area contributed by atoms with E-state index in [1.54, 1.807) is 24.3 Å². The predicted octanol–water partition coefficient (Wildman–Crippen LogP) is 2.22. The van der Waals surface area contributed by atoms with Gasteiger partial charge in [0.25, 0.3) is 0 Å². The molecule has 0 unspecified atom stereocenters. The summed E-state index contributed by atoms with van der Waals surface area (Å²) < 4.78 is 0. The first-order valence-corrected chi connectivity index (χ1v) is 6.60. The minimum Gasteiger partial charge on any atom is -0.477 e. The summed E-state index contributed by atoms with van der Waals surface area (Å²) in [7, 11) is 0. The lowest BCUT2D eigenvalue weighted by Crippen LogP contribution is -2.07. The van der Waals surface area contributed by atoms with Crippen molar-refractivity contribution in [1.29, 1.82) is 0 Å². The van der Waals surface area contributed by atoms with Crippen LogP contribution in [0.15, 0.2) is 35.6 Å².